The van der Waals surface area contributed by atoms with E-state index in [-0.39, 0.29) is 51.9 Å². The van der Waals surface area contributed by atoms with Crippen molar-refractivity contribution in [2.24, 2.45) is 0 Å². The first-order chi connectivity index (χ1) is 32.9. The number of nitrogens with one attached hydrogen (secondary N) is 5. The van der Waals surface area contributed by atoms with Gasteiger partial charge < -0.3 is 65.6 Å². The van der Waals surface area contributed by atoms with Crippen molar-refractivity contribution >= 4 is 35.7 Å². The molecule has 0 saturated carbocycles. The Kier molecular flexibility index (Phi) is 18.9. The number of hydrogen-bond acceptors (Lipinski definition) is 14. The Morgan fingerprint density at radius 3 is 1.96 bits per heavy atom. The predicted octanol–water partition coefficient (Wildman–Crippen LogP) is 1.31. The van der Waals surface area contributed by atoms with Gasteiger partial charge in [0.05, 0.1) is 39.4 Å². The Labute approximate surface area is 392 Å². The highest BCUT2D eigenvalue weighted by Gasteiger charge is 2.45. The number of esters is 1. The Morgan fingerprint density at radius 1 is 0.706 bits per heavy atom. The fraction of sp³-hybridized carbons (Fsp3) is 0.388. The lowest BCUT2D eigenvalue weighted by atomic mass is 9.97. The van der Waals surface area contributed by atoms with E-state index in [9.17, 15) is 44.1 Å². The van der Waals surface area contributed by atoms with E-state index >= 15 is 0 Å². The predicted molar refractivity (Wildman–Crippen MR) is 243 cm³/mol. The van der Waals surface area contributed by atoms with Crippen molar-refractivity contribution in [1.82, 2.24) is 26.6 Å². The number of carbonyl (C=O) groups excluding carboxylic acids is 6. The maximum atomic E-state index is 13.7. The smallest absolute Gasteiger partial charge is 0.407 e. The topological polar surface area (TPSA) is 269 Å². The molecule has 5 amide bonds. The molecule has 4 aromatic carbocycles. The van der Waals surface area contributed by atoms with Gasteiger partial charge in [0.15, 0.2) is 12.3 Å². The highest BCUT2D eigenvalue weighted by atomic mass is 16.7. The van der Waals surface area contributed by atoms with Crippen molar-refractivity contribution in [3.05, 3.63) is 131 Å². The number of benzene rings is 4. The molecule has 1 heterocycles. The summed E-state index contributed by atoms with van der Waals surface area (Å²) in [5.74, 6) is -3.96. The van der Waals surface area contributed by atoms with Gasteiger partial charge in [-0.2, -0.15) is 0 Å². The number of alkyl carbamates (subject to hydrolysis) is 1. The van der Waals surface area contributed by atoms with Crippen molar-refractivity contribution in [2.45, 2.75) is 81.6 Å². The minimum absolute atomic E-state index is 0.000751. The van der Waals surface area contributed by atoms with E-state index in [1.54, 1.807) is 24.3 Å². The zero-order valence-electron chi connectivity index (χ0n) is 37.4. The summed E-state index contributed by atoms with van der Waals surface area (Å²) >= 11 is 0. The molecule has 1 fully saturated rings. The van der Waals surface area contributed by atoms with Crippen LogP contribution in [0.1, 0.15) is 47.9 Å². The number of fused-ring (bicyclic) bond motifs is 3. The molecule has 2 aliphatic rings. The third-order valence-electron chi connectivity index (χ3n) is 11.2. The average Bonchev–Trinajstić information content (AvgIpc) is 3.67. The zero-order chi connectivity index (χ0) is 48.4. The minimum atomic E-state index is -1.53. The normalized spacial score (nSPS) is 19.3. The first-order valence-electron chi connectivity index (χ1n) is 22.2. The molecule has 8 N–H and O–H groups in total. The van der Waals surface area contributed by atoms with Gasteiger partial charge in [0.25, 0.3) is 0 Å². The third kappa shape index (κ3) is 14.4. The van der Waals surface area contributed by atoms with Crippen molar-refractivity contribution in [3.63, 3.8) is 0 Å². The molecule has 0 radical (unpaired) electrons. The van der Waals surface area contributed by atoms with E-state index < -0.39 is 98.0 Å². The van der Waals surface area contributed by atoms with Gasteiger partial charge >= 0.3 is 12.1 Å². The Bertz CT molecular complexity index is 2280. The van der Waals surface area contributed by atoms with E-state index in [2.05, 4.69) is 26.6 Å². The Balaban J connectivity index is 1.06. The molecule has 1 aliphatic carbocycles. The lowest BCUT2D eigenvalue weighted by Crippen LogP contribution is -2.64. The fourth-order valence-electron chi connectivity index (χ4n) is 7.76. The van der Waals surface area contributed by atoms with E-state index in [0.717, 1.165) is 33.4 Å². The molecular formula is C49H57N5O14. The molecule has 1 aliphatic heterocycles. The summed E-state index contributed by atoms with van der Waals surface area (Å²) in [6.07, 6.45) is -6.83. The van der Waals surface area contributed by atoms with Gasteiger partial charge in [0.1, 0.15) is 43.6 Å². The van der Waals surface area contributed by atoms with Crippen molar-refractivity contribution < 1.29 is 67.8 Å². The highest BCUT2D eigenvalue weighted by Crippen LogP contribution is 2.44. The van der Waals surface area contributed by atoms with E-state index in [4.69, 9.17) is 23.7 Å². The van der Waals surface area contributed by atoms with Crippen LogP contribution in [0.3, 0.4) is 0 Å². The van der Waals surface area contributed by atoms with Crippen LogP contribution in [0.4, 0.5) is 4.79 Å². The maximum Gasteiger partial charge on any atom is 0.407 e. The molecule has 4 aromatic rings. The van der Waals surface area contributed by atoms with E-state index in [1.165, 1.54) is 6.92 Å². The highest BCUT2D eigenvalue weighted by molar-refractivity contribution is 5.94. The zero-order valence-corrected chi connectivity index (χ0v) is 37.4. The van der Waals surface area contributed by atoms with Crippen LogP contribution >= 0.6 is 0 Å². The van der Waals surface area contributed by atoms with Gasteiger partial charge in [0.2, 0.25) is 23.6 Å². The molecule has 19 nitrogen and oxygen atoms in total. The number of amides is 5. The number of ether oxygens (including phenoxy) is 5. The summed E-state index contributed by atoms with van der Waals surface area (Å²) in [5, 5.41) is 42.9. The summed E-state index contributed by atoms with van der Waals surface area (Å²) in [6.45, 7) is -0.404. The molecule has 6 rings (SSSR count). The van der Waals surface area contributed by atoms with Gasteiger partial charge in [-0.1, -0.05) is 109 Å². The molecule has 1 saturated heterocycles. The molecule has 19 heteroatoms. The van der Waals surface area contributed by atoms with Crippen LogP contribution in [0.5, 0.6) is 0 Å². The minimum Gasteiger partial charge on any atom is -0.459 e. The van der Waals surface area contributed by atoms with Crippen LogP contribution < -0.4 is 26.6 Å². The number of hydrogen-bond donors (Lipinski definition) is 8. The lowest BCUT2D eigenvalue weighted by Gasteiger charge is -2.42. The average molecular weight is 940 g/mol. The summed E-state index contributed by atoms with van der Waals surface area (Å²) < 4.78 is 28.1. The number of carbonyl (C=O) groups is 6. The Hall–Kier alpha value is -6.74. The van der Waals surface area contributed by atoms with Crippen LogP contribution in [0.25, 0.3) is 11.1 Å². The van der Waals surface area contributed by atoms with Gasteiger partial charge in [-0.05, 0) is 39.8 Å². The van der Waals surface area contributed by atoms with Crippen LogP contribution in [-0.4, -0.2) is 133 Å². The number of aliphatic hydroxyl groups excluding tert-OH is 3. The first kappa shape index (κ1) is 50.7. The van der Waals surface area contributed by atoms with Gasteiger partial charge in [-0.15, -0.1) is 0 Å². The third-order valence-corrected chi connectivity index (χ3v) is 11.2. The summed E-state index contributed by atoms with van der Waals surface area (Å²) in [6, 6.07) is 29.7. The quantitative estimate of drug-likeness (QED) is 0.0385. The summed E-state index contributed by atoms with van der Waals surface area (Å²) in [7, 11) is 0. The van der Waals surface area contributed by atoms with Gasteiger partial charge in [0, 0.05) is 19.4 Å². The molecule has 0 unspecified atom stereocenters. The van der Waals surface area contributed by atoms with Crippen molar-refractivity contribution in [3.8, 4) is 11.1 Å². The number of rotatable bonds is 23. The maximum absolute atomic E-state index is 13.7. The van der Waals surface area contributed by atoms with Crippen molar-refractivity contribution in [1.29, 1.82) is 0 Å². The second kappa shape index (κ2) is 25.4. The van der Waals surface area contributed by atoms with Gasteiger partial charge in [-0.25, -0.2) is 9.59 Å². The molecule has 7 atom stereocenters. The van der Waals surface area contributed by atoms with Crippen LogP contribution in [0, 0.1) is 0 Å². The largest absolute Gasteiger partial charge is 0.459 e. The second-order valence-electron chi connectivity index (χ2n) is 16.2. The molecular weight excluding hydrogens is 883 g/mol. The fourth-order valence-corrected chi connectivity index (χ4v) is 7.76. The van der Waals surface area contributed by atoms with Crippen LogP contribution in [0.2, 0.25) is 0 Å². The molecule has 0 spiro atoms. The SMILES string of the molecule is CC(=O)N[C@H]1[C@H](OCCCNC(=O)C[C@H](NC(=O)OCC2c3ccccc3-c3ccccc32)C(=O)NCC(=O)N[C@H](COCc2ccccc2)C(=O)OCc2ccccc2)O[C@H](CO)[C@@H](O)[C@@H]1O. The molecule has 0 bridgehead atoms. The molecule has 362 valence electrons. The second-order valence-corrected chi connectivity index (χ2v) is 16.2. The van der Waals surface area contributed by atoms with E-state index in [0.29, 0.717) is 0 Å². The van der Waals surface area contributed by atoms with Gasteiger partial charge in [-0.3, -0.25) is 19.2 Å². The monoisotopic (exact) mass is 939 g/mol. The summed E-state index contributed by atoms with van der Waals surface area (Å²) in [5.41, 5.74) is 5.49. The van der Waals surface area contributed by atoms with Crippen LogP contribution in [-0.2, 0) is 60.9 Å². The summed E-state index contributed by atoms with van der Waals surface area (Å²) in [4.78, 5) is 78.6. The molecule has 68 heavy (non-hydrogen) atoms. The molecule has 0 aromatic heterocycles. The lowest BCUT2D eigenvalue weighted by molar-refractivity contribution is -0.270. The standard InChI is InChI=1S/C49H57N5O14/c1-30(56)52-43-45(60)44(59)40(25-55)68-48(43)65-22-12-21-50-41(57)23-38(54-49(63)67-28-37-35-19-10-8-17-33(35)34-18-9-11-20-36(34)37)46(61)51-24-42(58)53-39(29-64-26-31-13-4-2-5-14-31)47(62)66-27-32-15-6-3-7-16-32/h2-11,13-20,37-40,43-45,48,55,59-60H,12,21-29H2,1H3,(H,50,57)(H,51,61)(H,52,56)(H,53,58)(H,54,63)/t38-,39+,40+,43+,44+,45+,48+/m0/s1. The van der Waals surface area contributed by atoms with Crippen molar-refractivity contribution in [2.75, 3.05) is 39.5 Å². The van der Waals surface area contributed by atoms with Crippen LogP contribution in [0.15, 0.2) is 109 Å². The first-order valence-corrected chi connectivity index (χ1v) is 22.2. The number of aliphatic hydroxyl groups is 3. The Morgan fingerprint density at radius 2 is 1.32 bits per heavy atom. The van der Waals surface area contributed by atoms with E-state index in [1.807, 2.05) is 84.9 Å².